The Labute approximate surface area is 105 Å². The largest absolute Gasteiger partial charge is 0.382 e. The summed E-state index contributed by atoms with van der Waals surface area (Å²) in [4.78, 5) is 4.15. The van der Waals surface area contributed by atoms with Crippen LogP contribution in [0, 0.1) is 0 Å². The molecule has 0 aromatic carbocycles. The smallest absolute Gasteiger partial charge is 0.170 e. The van der Waals surface area contributed by atoms with Crippen molar-refractivity contribution in [3.8, 4) is 0 Å². The summed E-state index contributed by atoms with van der Waals surface area (Å²) in [6, 6.07) is 0. The van der Waals surface area contributed by atoms with E-state index in [0.717, 1.165) is 37.1 Å². The van der Waals surface area contributed by atoms with E-state index < -0.39 is 0 Å². The highest BCUT2D eigenvalue weighted by atomic mass is 32.2. The fourth-order valence-electron chi connectivity index (χ4n) is 1.18. The highest BCUT2D eigenvalue weighted by Crippen LogP contribution is 2.22. The second-order valence-electron chi connectivity index (χ2n) is 3.39. The van der Waals surface area contributed by atoms with Gasteiger partial charge >= 0.3 is 0 Å². The summed E-state index contributed by atoms with van der Waals surface area (Å²) in [7, 11) is 0. The van der Waals surface area contributed by atoms with E-state index in [0.29, 0.717) is 5.25 Å². The van der Waals surface area contributed by atoms with Gasteiger partial charge in [-0.1, -0.05) is 18.7 Å². The fraction of sp³-hybridized carbons (Fsp3) is 0.800. The summed E-state index contributed by atoms with van der Waals surface area (Å²) in [5.41, 5.74) is 0. The molecule has 0 aliphatic carbocycles. The Balaban J connectivity index is 1.96. The number of nitrogens with zero attached hydrogens (tertiary/aromatic N) is 2. The van der Waals surface area contributed by atoms with Crippen molar-refractivity contribution in [3.63, 3.8) is 0 Å². The summed E-state index contributed by atoms with van der Waals surface area (Å²) in [6.45, 7) is 7.89. The monoisotopic (exact) mass is 261 g/mol. The van der Waals surface area contributed by atoms with Gasteiger partial charge in [-0.25, -0.2) is 4.98 Å². The molecular weight excluding hydrogens is 242 g/mol. The summed E-state index contributed by atoms with van der Waals surface area (Å²) in [5, 5.41) is 3.94. The van der Waals surface area contributed by atoms with Gasteiger partial charge in [0.05, 0.1) is 0 Å². The van der Waals surface area contributed by atoms with Crippen LogP contribution in [0.3, 0.4) is 0 Å². The van der Waals surface area contributed by atoms with Gasteiger partial charge in [0.25, 0.3) is 0 Å². The molecule has 6 heteroatoms. The molecule has 1 N–H and O–H groups in total. The van der Waals surface area contributed by atoms with Gasteiger partial charge < -0.3 is 10.1 Å². The fourth-order valence-corrected chi connectivity index (χ4v) is 2.90. The number of rotatable bonds is 9. The van der Waals surface area contributed by atoms with Gasteiger partial charge in [-0.2, -0.15) is 4.37 Å². The van der Waals surface area contributed by atoms with Crippen molar-refractivity contribution in [2.24, 2.45) is 0 Å². The van der Waals surface area contributed by atoms with E-state index in [1.165, 1.54) is 11.5 Å². The topological polar surface area (TPSA) is 47.0 Å². The molecule has 1 aromatic rings. The Hall–Kier alpha value is -0.170. The zero-order valence-electron chi connectivity index (χ0n) is 9.81. The predicted octanol–water partition coefficient (Wildman–Crippen LogP) is 2.03. The van der Waals surface area contributed by atoms with Gasteiger partial charge in [0.15, 0.2) is 4.34 Å². The van der Waals surface area contributed by atoms with Crippen LogP contribution in [-0.4, -0.2) is 40.9 Å². The number of aromatic nitrogens is 2. The molecule has 92 valence electrons. The summed E-state index contributed by atoms with van der Waals surface area (Å²) in [5.74, 6) is 0. The third-order valence-corrected chi connectivity index (χ3v) is 3.77. The van der Waals surface area contributed by atoms with Gasteiger partial charge in [-0.05, 0) is 31.4 Å². The number of thioether (sulfide) groups is 1. The first-order valence-electron chi connectivity index (χ1n) is 5.54. The van der Waals surface area contributed by atoms with Crippen LogP contribution in [0.2, 0.25) is 0 Å². The highest BCUT2D eigenvalue weighted by molar-refractivity contribution is 8.01. The summed E-state index contributed by atoms with van der Waals surface area (Å²) in [6.07, 6.45) is 2.68. The van der Waals surface area contributed by atoms with Gasteiger partial charge in [0, 0.05) is 25.0 Å². The SMILES string of the molecule is CCOCCCNCC(C)Sc1ncns1. The van der Waals surface area contributed by atoms with E-state index in [-0.39, 0.29) is 0 Å². The first-order valence-corrected chi connectivity index (χ1v) is 7.20. The molecule has 0 amide bonds. The molecule has 1 atom stereocenters. The normalized spacial score (nSPS) is 12.9. The maximum Gasteiger partial charge on any atom is 0.170 e. The first kappa shape index (κ1) is 13.9. The van der Waals surface area contributed by atoms with Crippen molar-refractivity contribution < 1.29 is 4.74 Å². The lowest BCUT2D eigenvalue weighted by Crippen LogP contribution is -2.24. The van der Waals surface area contributed by atoms with Crippen LogP contribution in [-0.2, 0) is 4.74 Å². The minimum atomic E-state index is 0.528. The lowest BCUT2D eigenvalue weighted by atomic mass is 10.4. The molecule has 16 heavy (non-hydrogen) atoms. The summed E-state index contributed by atoms with van der Waals surface area (Å²) < 4.78 is 10.3. The van der Waals surface area contributed by atoms with Gasteiger partial charge in [0.2, 0.25) is 0 Å². The molecule has 0 spiro atoms. The van der Waals surface area contributed by atoms with Crippen molar-refractivity contribution in [2.45, 2.75) is 29.9 Å². The third kappa shape index (κ3) is 6.42. The van der Waals surface area contributed by atoms with Gasteiger partial charge in [-0.3, -0.25) is 0 Å². The molecule has 0 aliphatic rings. The van der Waals surface area contributed by atoms with Crippen molar-refractivity contribution in [2.75, 3.05) is 26.3 Å². The zero-order valence-corrected chi connectivity index (χ0v) is 11.4. The molecule has 1 aromatic heterocycles. The van der Waals surface area contributed by atoms with E-state index in [2.05, 4.69) is 21.6 Å². The molecule has 1 heterocycles. The van der Waals surface area contributed by atoms with Crippen LogP contribution in [0.4, 0.5) is 0 Å². The van der Waals surface area contributed by atoms with E-state index in [9.17, 15) is 0 Å². The molecule has 0 radical (unpaired) electrons. The molecular formula is C10H19N3OS2. The summed E-state index contributed by atoms with van der Waals surface area (Å²) >= 11 is 3.23. The molecule has 1 unspecified atom stereocenters. The quantitative estimate of drug-likeness (QED) is 0.544. The van der Waals surface area contributed by atoms with Crippen LogP contribution >= 0.6 is 23.3 Å². The molecule has 4 nitrogen and oxygen atoms in total. The van der Waals surface area contributed by atoms with E-state index in [4.69, 9.17) is 4.74 Å². The number of nitrogens with one attached hydrogen (secondary N) is 1. The minimum absolute atomic E-state index is 0.528. The Kier molecular flexibility index (Phi) is 7.75. The van der Waals surface area contributed by atoms with Crippen LogP contribution in [0.15, 0.2) is 10.7 Å². The van der Waals surface area contributed by atoms with Crippen molar-refractivity contribution in [1.29, 1.82) is 0 Å². The molecule has 1 rings (SSSR count). The van der Waals surface area contributed by atoms with Gasteiger partial charge in [-0.15, -0.1) is 0 Å². The average Bonchev–Trinajstić information content (AvgIpc) is 2.76. The lowest BCUT2D eigenvalue weighted by Gasteiger charge is -2.10. The number of ether oxygens (including phenoxy) is 1. The standard InChI is InChI=1S/C10H19N3OS2/c1-3-14-6-4-5-11-7-9(2)15-10-12-8-13-16-10/h8-9,11H,3-7H2,1-2H3. The molecule has 0 saturated heterocycles. The zero-order chi connectivity index (χ0) is 11.6. The highest BCUT2D eigenvalue weighted by Gasteiger charge is 2.05. The molecule has 0 aliphatic heterocycles. The molecule has 0 bridgehead atoms. The Morgan fingerprint density at radius 2 is 2.50 bits per heavy atom. The Morgan fingerprint density at radius 1 is 1.62 bits per heavy atom. The van der Waals surface area contributed by atoms with E-state index >= 15 is 0 Å². The number of hydrogen-bond acceptors (Lipinski definition) is 6. The van der Waals surface area contributed by atoms with Crippen LogP contribution in [0.5, 0.6) is 0 Å². The Morgan fingerprint density at radius 3 is 3.19 bits per heavy atom. The lowest BCUT2D eigenvalue weighted by molar-refractivity contribution is 0.145. The van der Waals surface area contributed by atoms with Gasteiger partial charge in [0.1, 0.15) is 6.33 Å². The molecule has 0 fully saturated rings. The maximum absolute atomic E-state index is 5.26. The van der Waals surface area contributed by atoms with Crippen LogP contribution < -0.4 is 5.32 Å². The van der Waals surface area contributed by atoms with Crippen LogP contribution in [0.1, 0.15) is 20.3 Å². The van der Waals surface area contributed by atoms with Crippen molar-refractivity contribution in [1.82, 2.24) is 14.7 Å². The first-order chi connectivity index (χ1) is 7.83. The third-order valence-electron chi connectivity index (χ3n) is 1.92. The van der Waals surface area contributed by atoms with Crippen molar-refractivity contribution >= 4 is 23.3 Å². The molecule has 0 saturated carbocycles. The predicted molar refractivity (Wildman–Crippen MR) is 69.2 cm³/mol. The van der Waals surface area contributed by atoms with E-state index in [1.54, 1.807) is 18.1 Å². The van der Waals surface area contributed by atoms with Crippen molar-refractivity contribution in [3.05, 3.63) is 6.33 Å². The van der Waals surface area contributed by atoms with E-state index in [1.807, 2.05) is 6.92 Å². The van der Waals surface area contributed by atoms with Crippen LogP contribution in [0.25, 0.3) is 0 Å². The number of hydrogen-bond donors (Lipinski definition) is 1. The second kappa shape index (κ2) is 8.92. The second-order valence-corrected chi connectivity index (χ2v) is 5.86. The Bertz CT molecular complexity index is 257. The maximum atomic E-state index is 5.26. The minimum Gasteiger partial charge on any atom is -0.382 e. The average molecular weight is 261 g/mol.